The lowest BCUT2D eigenvalue weighted by molar-refractivity contribution is 0.346. The van der Waals surface area contributed by atoms with Crippen LogP contribution >= 0.6 is 50.5 Å². The number of rotatable bonds is 12. The molecule has 0 bridgehead atoms. The number of aryl methyl sites for hydroxylation is 1. The molecule has 2 atom stereocenters. The molecular formula is C24H32S4. The monoisotopic (exact) mass is 448 g/mol. The molecule has 0 aliphatic rings. The first-order valence-corrected chi connectivity index (χ1v) is 12.2. The normalized spacial score (nSPS) is 14.8. The summed E-state index contributed by atoms with van der Waals surface area (Å²) >= 11 is 18.7. The first-order valence-electron chi connectivity index (χ1n) is 9.95. The molecule has 28 heavy (non-hydrogen) atoms. The van der Waals surface area contributed by atoms with Crippen molar-refractivity contribution in [2.45, 2.75) is 50.4 Å². The maximum atomic E-state index is 5.15. The highest BCUT2D eigenvalue weighted by Gasteiger charge is 2.45. The summed E-state index contributed by atoms with van der Waals surface area (Å²) in [6, 6.07) is 19.9. The van der Waals surface area contributed by atoms with Gasteiger partial charge >= 0.3 is 0 Å². The van der Waals surface area contributed by atoms with E-state index in [-0.39, 0.29) is 5.41 Å². The van der Waals surface area contributed by atoms with Crippen molar-refractivity contribution >= 4 is 50.5 Å². The third-order valence-electron chi connectivity index (χ3n) is 5.54. The van der Waals surface area contributed by atoms with Gasteiger partial charge in [0.25, 0.3) is 0 Å². The van der Waals surface area contributed by atoms with Gasteiger partial charge in [-0.3, -0.25) is 0 Å². The van der Waals surface area contributed by atoms with Crippen LogP contribution in [0.3, 0.4) is 0 Å². The molecule has 0 saturated heterocycles. The smallest absolute Gasteiger partial charge is 0.0385 e. The minimum atomic E-state index is -0.167. The van der Waals surface area contributed by atoms with E-state index in [0.29, 0.717) is 5.92 Å². The molecule has 2 unspecified atom stereocenters. The minimum absolute atomic E-state index is 0.167. The van der Waals surface area contributed by atoms with E-state index in [9.17, 15) is 0 Å². The summed E-state index contributed by atoms with van der Waals surface area (Å²) in [5.41, 5.74) is 3.81. The fourth-order valence-corrected chi connectivity index (χ4v) is 5.37. The van der Waals surface area contributed by atoms with Crippen LogP contribution in [0.1, 0.15) is 54.7 Å². The van der Waals surface area contributed by atoms with Gasteiger partial charge in [-0.2, -0.15) is 50.5 Å². The van der Waals surface area contributed by atoms with Crippen LogP contribution in [-0.2, 0) is 5.41 Å². The van der Waals surface area contributed by atoms with Crippen molar-refractivity contribution in [3.05, 3.63) is 82.3 Å². The molecule has 2 rings (SSSR count). The van der Waals surface area contributed by atoms with Gasteiger partial charge in [0.1, 0.15) is 0 Å². The van der Waals surface area contributed by atoms with E-state index < -0.39 is 0 Å². The zero-order valence-corrected chi connectivity index (χ0v) is 20.2. The zero-order chi connectivity index (χ0) is 20.4. The van der Waals surface area contributed by atoms with Gasteiger partial charge in [0.2, 0.25) is 0 Å². The van der Waals surface area contributed by atoms with E-state index in [1.807, 2.05) is 5.75 Å². The maximum absolute atomic E-state index is 5.15. The van der Waals surface area contributed by atoms with E-state index in [4.69, 9.17) is 12.6 Å². The molecule has 0 aromatic heterocycles. The second kappa shape index (κ2) is 12.5. The highest BCUT2D eigenvalue weighted by molar-refractivity contribution is 7.83. The molecular weight excluding hydrogens is 417 g/mol. The van der Waals surface area contributed by atoms with Crippen LogP contribution in [0.4, 0.5) is 0 Å². The van der Waals surface area contributed by atoms with Gasteiger partial charge in [-0.15, -0.1) is 0 Å². The van der Waals surface area contributed by atoms with E-state index in [2.05, 4.69) is 99.4 Å². The second-order valence-corrected chi connectivity index (χ2v) is 9.11. The molecule has 152 valence electrons. The van der Waals surface area contributed by atoms with Crippen molar-refractivity contribution in [3.8, 4) is 0 Å². The van der Waals surface area contributed by atoms with Crippen molar-refractivity contribution in [2.24, 2.45) is 0 Å². The van der Waals surface area contributed by atoms with Crippen LogP contribution in [0.15, 0.2) is 54.6 Å². The summed E-state index contributed by atoms with van der Waals surface area (Å²) in [5.74, 6) is 3.98. The average molecular weight is 449 g/mol. The van der Waals surface area contributed by atoms with Gasteiger partial charge in [0.15, 0.2) is 0 Å². The molecule has 0 heterocycles. The summed E-state index contributed by atoms with van der Waals surface area (Å²) < 4.78 is 0. The number of thiol groups is 4. The predicted molar refractivity (Wildman–Crippen MR) is 138 cm³/mol. The Bertz CT molecular complexity index is 671. The quantitative estimate of drug-likeness (QED) is 0.239. The van der Waals surface area contributed by atoms with E-state index in [1.165, 1.54) is 21.9 Å². The Balaban J connectivity index is 2.64. The average Bonchev–Trinajstić information content (AvgIpc) is 2.72. The Kier molecular flexibility index (Phi) is 10.8. The Morgan fingerprint density at radius 1 is 1.00 bits per heavy atom. The Morgan fingerprint density at radius 2 is 1.68 bits per heavy atom. The standard InChI is InChI=1S/C24H32S4/c1-19-11-13-21(14-12-19)24(15-18-27,23(28)10-6-17-26)22(9-5-16-25)20-7-3-2-4-8-20/h2-4,7-8,11-14,16,22,25-28H,5-6,9-10,15,17-18H2,1H3. The van der Waals surface area contributed by atoms with Gasteiger partial charge < -0.3 is 0 Å². The summed E-state index contributed by atoms with van der Waals surface area (Å²) in [6.07, 6.45) is 4.93. The molecule has 0 aliphatic carbocycles. The second-order valence-electron chi connectivity index (χ2n) is 7.31. The molecule has 4 heteroatoms. The predicted octanol–water partition coefficient (Wildman–Crippen LogP) is 7.38. The maximum Gasteiger partial charge on any atom is 0.0385 e. The number of benzene rings is 2. The number of hydrogen-bond donors (Lipinski definition) is 4. The van der Waals surface area contributed by atoms with Crippen LogP contribution in [-0.4, -0.2) is 11.5 Å². The lowest BCUT2D eigenvalue weighted by Crippen LogP contribution is -2.39. The van der Waals surface area contributed by atoms with Gasteiger partial charge in [-0.25, -0.2) is 0 Å². The molecule has 0 amide bonds. The number of hydrogen-bond acceptors (Lipinski definition) is 4. The Hall–Kier alpha value is -0.160. The lowest BCUT2D eigenvalue weighted by atomic mass is 9.61. The summed E-state index contributed by atoms with van der Waals surface area (Å²) in [4.78, 5) is 0. The Labute approximate surface area is 193 Å². The van der Waals surface area contributed by atoms with Gasteiger partial charge in [0.05, 0.1) is 0 Å². The van der Waals surface area contributed by atoms with Crippen molar-refractivity contribution in [3.63, 3.8) is 0 Å². The van der Waals surface area contributed by atoms with Crippen LogP contribution < -0.4 is 0 Å². The topological polar surface area (TPSA) is 0 Å². The Morgan fingerprint density at radius 3 is 2.25 bits per heavy atom. The van der Waals surface area contributed by atoms with Crippen LogP contribution in [0.25, 0.3) is 0 Å². The molecule has 0 N–H and O–H groups in total. The van der Waals surface area contributed by atoms with Crippen LogP contribution in [0.5, 0.6) is 0 Å². The van der Waals surface area contributed by atoms with Crippen molar-refractivity contribution in [1.82, 2.24) is 0 Å². The largest absolute Gasteiger partial charge is 0.179 e. The van der Waals surface area contributed by atoms with Gasteiger partial charge in [-0.05, 0) is 67.6 Å². The van der Waals surface area contributed by atoms with E-state index >= 15 is 0 Å². The molecule has 0 nitrogen and oxygen atoms in total. The summed E-state index contributed by atoms with van der Waals surface area (Å²) in [6.45, 7) is 2.14. The molecule has 0 aliphatic heterocycles. The van der Waals surface area contributed by atoms with E-state index in [0.717, 1.165) is 43.6 Å². The van der Waals surface area contributed by atoms with Gasteiger partial charge in [0, 0.05) is 16.4 Å². The third-order valence-corrected chi connectivity index (χ3v) is 6.96. The SMILES string of the molecule is Cc1ccc(C(CCS)([C](S)CCCS)C(CC[CH]S)c2ccccc2)cc1. The molecule has 2 aromatic rings. The van der Waals surface area contributed by atoms with Gasteiger partial charge in [-0.1, -0.05) is 60.2 Å². The first-order chi connectivity index (χ1) is 13.6. The molecule has 0 saturated carbocycles. The minimum Gasteiger partial charge on any atom is -0.179 e. The zero-order valence-electron chi connectivity index (χ0n) is 16.6. The molecule has 2 radical (unpaired) electrons. The van der Waals surface area contributed by atoms with Crippen molar-refractivity contribution in [2.75, 3.05) is 11.5 Å². The van der Waals surface area contributed by atoms with Crippen molar-refractivity contribution < 1.29 is 0 Å². The highest BCUT2D eigenvalue weighted by Crippen LogP contribution is 2.53. The first kappa shape index (κ1) is 24.1. The third kappa shape index (κ3) is 5.93. The summed E-state index contributed by atoms with van der Waals surface area (Å²) in [5, 5.41) is 1.24. The molecule has 2 aromatic carbocycles. The van der Waals surface area contributed by atoms with E-state index in [1.54, 1.807) is 0 Å². The molecule has 0 fully saturated rings. The summed E-state index contributed by atoms with van der Waals surface area (Å²) in [7, 11) is 0. The highest BCUT2D eigenvalue weighted by atomic mass is 32.1. The lowest BCUT2D eigenvalue weighted by Gasteiger charge is -2.46. The van der Waals surface area contributed by atoms with Crippen molar-refractivity contribution in [1.29, 1.82) is 0 Å². The fourth-order valence-electron chi connectivity index (χ4n) is 4.15. The molecule has 0 spiro atoms. The van der Waals surface area contributed by atoms with Crippen LogP contribution in [0, 0.1) is 17.9 Å². The fraction of sp³-hybridized carbons (Fsp3) is 0.417. The van der Waals surface area contributed by atoms with Crippen LogP contribution in [0.2, 0.25) is 0 Å².